The molecule has 4 heterocycles. The van der Waals surface area contributed by atoms with E-state index in [0.29, 0.717) is 24.3 Å². The summed E-state index contributed by atoms with van der Waals surface area (Å²) >= 11 is 0. The number of nitrogens with zero attached hydrogens (tertiary/aromatic N) is 4. The Labute approximate surface area is 153 Å². The molecule has 26 heavy (non-hydrogen) atoms. The lowest BCUT2D eigenvalue weighted by Gasteiger charge is -2.37. The first-order chi connectivity index (χ1) is 12.8. The molecule has 1 saturated carbocycles. The first kappa shape index (κ1) is 16.1. The summed E-state index contributed by atoms with van der Waals surface area (Å²) in [5.41, 5.74) is 3.50. The summed E-state index contributed by atoms with van der Waals surface area (Å²) in [6.45, 7) is 4.43. The second-order valence-corrected chi connectivity index (χ2v) is 7.83. The molecule has 2 aromatic heterocycles. The second-order valence-electron chi connectivity index (χ2n) is 7.83. The zero-order valence-corrected chi connectivity index (χ0v) is 15.1. The van der Waals surface area contributed by atoms with Gasteiger partial charge in [0.1, 0.15) is 0 Å². The Hall–Kier alpha value is -2.15. The Balaban J connectivity index is 1.31. The van der Waals surface area contributed by atoms with Crippen LogP contribution in [-0.2, 0) is 4.79 Å². The monoisotopic (exact) mass is 354 g/mol. The lowest BCUT2D eigenvalue weighted by molar-refractivity contribution is -0.131. The minimum Gasteiger partial charge on any atom is -0.367 e. The van der Waals surface area contributed by atoms with E-state index < -0.39 is 0 Å². The summed E-state index contributed by atoms with van der Waals surface area (Å²) < 4.78 is 0. The van der Waals surface area contributed by atoms with Crippen molar-refractivity contribution < 1.29 is 4.79 Å². The molecule has 0 aromatic carbocycles. The molecule has 5 rings (SSSR count). The number of carbonyl (C=O) groups excluding carboxylic acids is 1. The Morgan fingerprint density at radius 3 is 2.73 bits per heavy atom. The van der Waals surface area contributed by atoms with Crippen LogP contribution in [0.2, 0.25) is 0 Å². The molecule has 2 aliphatic heterocycles. The van der Waals surface area contributed by atoms with E-state index in [9.17, 15) is 4.79 Å². The topological polar surface area (TPSA) is 77.2 Å². The number of aromatic amines is 1. The van der Waals surface area contributed by atoms with Gasteiger partial charge >= 0.3 is 0 Å². The molecule has 2 aromatic rings. The van der Waals surface area contributed by atoms with Crippen LogP contribution in [0.25, 0.3) is 11.0 Å². The first-order valence-corrected chi connectivity index (χ1v) is 9.87. The van der Waals surface area contributed by atoms with Gasteiger partial charge in [0.25, 0.3) is 0 Å². The van der Waals surface area contributed by atoms with Crippen LogP contribution in [0.3, 0.4) is 0 Å². The van der Waals surface area contributed by atoms with E-state index in [1.54, 1.807) is 0 Å². The van der Waals surface area contributed by atoms with Crippen molar-refractivity contribution in [2.75, 3.05) is 37.6 Å². The number of H-pyrrole nitrogens is 1. The summed E-state index contributed by atoms with van der Waals surface area (Å²) in [6.07, 6.45) is 9.40. The van der Waals surface area contributed by atoms with Gasteiger partial charge in [-0.1, -0.05) is 0 Å². The number of hydrogen-bond acceptors (Lipinski definition) is 5. The van der Waals surface area contributed by atoms with Gasteiger partial charge in [0.15, 0.2) is 5.65 Å². The molecule has 1 atom stereocenters. The number of hydrogen-bond donors (Lipinski definition) is 2. The van der Waals surface area contributed by atoms with Crippen molar-refractivity contribution in [3.63, 3.8) is 0 Å². The largest absolute Gasteiger partial charge is 0.367 e. The third-order valence-corrected chi connectivity index (χ3v) is 6.03. The Morgan fingerprint density at radius 1 is 1.15 bits per heavy atom. The van der Waals surface area contributed by atoms with Crippen molar-refractivity contribution in [3.8, 4) is 0 Å². The minimum absolute atomic E-state index is 0.301. The summed E-state index contributed by atoms with van der Waals surface area (Å²) in [4.78, 5) is 21.6. The van der Waals surface area contributed by atoms with Gasteiger partial charge in [-0.25, -0.2) is 4.98 Å². The number of nitrogens with one attached hydrogen (secondary N) is 2. The molecule has 3 fully saturated rings. The molecule has 1 aliphatic carbocycles. The first-order valence-electron chi connectivity index (χ1n) is 9.87. The molecule has 0 radical (unpaired) electrons. The molecule has 1 unspecified atom stereocenters. The Morgan fingerprint density at radius 2 is 2.00 bits per heavy atom. The summed E-state index contributed by atoms with van der Waals surface area (Å²) in [7, 11) is 0. The summed E-state index contributed by atoms with van der Waals surface area (Å²) in [5.74, 6) is 0.944. The third kappa shape index (κ3) is 2.94. The van der Waals surface area contributed by atoms with Crippen LogP contribution in [-0.4, -0.2) is 64.8 Å². The molecule has 3 aliphatic rings. The van der Waals surface area contributed by atoms with Crippen molar-refractivity contribution in [3.05, 3.63) is 18.0 Å². The number of rotatable bonds is 4. The predicted molar refractivity (Wildman–Crippen MR) is 100 cm³/mol. The number of anilines is 1. The zero-order valence-electron chi connectivity index (χ0n) is 15.1. The van der Waals surface area contributed by atoms with Gasteiger partial charge in [-0.05, 0) is 43.7 Å². The van der Waals surface area contributed by atoms with Crippen LogP contribution in [0.15, 0.2) is 12.4 Å². The number of fused-ring (bicyclic) bond motifs is 1. The minimum atomic E-state index is 0.301. The number of aromatic nitrogens is 3. The van der Waals surface area contributed by atoms with E-state index in [1.807, 2.05) is 17.3 Å². The Kier molecular flexibility index (Phi) is 4.04. The normalized spacial score (nSPS) is 23.8. The van der Waals surface area contributed by atoms with E-state index in [2.05, 4.69) is 25.4 Å². The molecule has 138 valence electrons. The molecule has 0 spiro atoms. The Bertz CT molecular complexity index is 799. The average Bonchev–Trinajstić information content (AvgIpc) is 3.17. The van der Waals surface area contributed by atoms with Gasteiger partial charge in [-0.2, -0.15) is 5.10 Å². The highest BCUT2D eigenvalue weighted by Gasteiger charge is 2.32. The standard InChI is InChI=1S/C19H26N6O/c26-17(10-14-2-1-5-20-14)24-6-8-25(9-7-24)18-15(13-3-4-13)11-21-19-16(18)12-22-23-19/h11-14,20H,1-10H2,(H,21,22,23). The van der Waals surface area contributed by atoms with Gasteiger partial charge in [-0.3, -0.25) is 9.89 Å². The summed E-state index contributed by atoms with van der Waals surface area (Å²) in [5, 5.41) is 11.7. The van der Waals surface area contributed by atoms with Gasteiger partial charge in [0.05, 0.1) is 17.3 Å². The lowest BCUT2D eigenvalue weighted by Crippen LogP contribution is -2.50. The highest BCUT2D eigenvalue weighted by molar-refractivity contribution is 5.91. The molecule has 7 nitrogen and oxygen atoms in total. The average molecular weight is 354 g/mol. The van der Waals surface area contributed by atoms with E-state index in [-0.39, 0.29) is 0 Å². The maximum atomic E-state index is 12.6. The van der Waals surface area contributed by atoms with Crippen LogP contribution in [0.1, 0.15) is 43.6 Å². The van der Waals surface area contributed by atoms with Crippen LogP contribution in [0.4, 0.5) is 5.69 Å². The third-order valence-electron chi connectivity index (χ3n) is 6.03. The molecule has 2 saturated heterocycles. The maximum Gasteiger partial charge on any atom is 0.224 e. The molecule has 7 heteroatoms. The molecule has 0 bridgehead atoms. The number of carbonyl (C=O) groups is 1. The molecule has 2 N–H and O–H groups in total. The molecular formula is C19H26N6O. The fourth-order valence-corrected chi connectivity index (χ4v) is 4.40. The van der Waals surface area contributed by atoms with Crippen molar-refractivity contribution in [2.24, 2.45) is 0 Å². The van der Waals surface area contributed by atoms with E-state index in [1.165, 1.54) is 30.5 Å². The maximum absolute atomic E-state index is 12.6. The SMILES string of the molecule is O=C(CC1CCCN1)N1CCN(c2c(C3CC3)cnc3[nH]ncc23)CC1. The predicted octanol–water partition coefficient (Wildman–Crippen LogP) is 1.63. The smallest absolute Gasteiger partial charge is 0.224 e. The van der Waals surface area contributed by atoms with Crippen molar-refractivity contribution in [1.29, 1.82) is 0 Å². The van der Waals surface area contributed by atoms with Gasteiger partial charge in [0.2, 0.25) is 5.91 Å². The second kappa shape index (κ2) is 6.54. The highest BCUT2D eigenvalue weighted by atomic mass is 16.2. The summed E-state index contributed by atoms with van der Waals surface area (Å²) in [6, 6.07) is 0.382. The highest BCUT2D eigenvalue weighted by Crippen LogP contribution is 2.46. The van der Waals surface area contributed by atoms with Crippen LogP contribution >= 0.6 is 0 Å². The number of amides is 1. The van der Waals surface area contributed by atoms with Crippen LogP contribution in [0, 0.1) is 0 Å². The van der Waals surface area contributed by atoms with Crippen LogP contribution < -0.4 is 10.2 Å². The van der Waals surface area contributed by atoms with E-state index in [0.717, 1.165) is 50.2 Å². The van der Waals surface area contributed by atoms with E-state index >= 15 is 0 Å². The molecule has 1 amide bonds. The fraction of sp³-hybridized carbons (Fsp3) is 0.632. The number of piperazine rings is 1. The van der Waals surface area contributed by atoms with Crippen molar-refractivity contribution in [2.45, 2.75) is 44.1 Å². The van der Waals surface area contributed by atoms with E-state index in [4.69, 9.17) is 0 Å². The van der Waals surface area contributed by atoms with Crippen molar-refractivity contribution >= 4 is 22.6 Å². The van der Waals surface area contributed by atoms with Gasteiger partial charge in [-0.15, -0.1) is 0 Å². The number of pyridine rings is 1. The van der Waals surface area contributed by atoms with Crippen molar-refractivity contribution in [1.82, 2.24) is 25.4 Å². The van der Waals surface area contributed by atoms with Gasteiger partial charge in [0, 0.05) is 44.8 Å². The quantitative estimate of drug-likeness (QED) is 0.873. The van der Waals surface area contributed by atoms with Gasteiger partial charge < -0.3 is 15.1 Å². The fourth-order valence-electron chi connectivity index (χ4n) is 4.40. The molecular weight excluding hydrogens is 328 g/mol. The lowest BCUT2D eigenvalue weighted by atomic mass is 10.1. The van der Waals surface area contributed by atoms with Crippen LogP contribution in [0.5, 0.6) is 0 Å². The zero-order chi connectivity index (χ0) is 17.5.